The Hall–Kier alpha value is -1.14. The fraction of sp³-hybridized carbons (Fsp3) is 0.625. The Kier molecular flexibility index (Phi) is 6.81. The molecule has 0 radical (unpaired) electrons. The second-order valence-corrected chi connectivity index (χ2v) is 7.27. The number of carbonyl (C=O) groups excluding carboxylic acids is 1. The van der Waals surface area contributed by atoms with Crippen LogP contribution in [0.1, 0.15) is 36.3 Å². The molecule has 1 heterocycles. The second-order valence-electron chi connectivity index (χ2n) is 6.42. The van der Waals surface area contributed by atoms with Crippen LogP contribution >= 0.6 is 15.9 Å². The number of nitrogens with zero attached hydrogens (tertiary/aromatic N) is 2. The van der Waals surface area contributed by atoms with E-state index in [-0.39, 0.29) is 23.1 Å². The molecule has 0 spiro atoms. The van der Waals surface area contributed by atoms with Crippen molar-refractivity contribution in [2.45, 2.75) is 33.2 Å². The van der Waals surface area contributed by atoms with Crippen LogP contribution in [0.3, 0.4) is 0 Å². The van der Waals surface area contributed by atoms with Crippen molar-refractivity contribution in [3.8, 4) is 0 Å². The van der Waals surface area contributed by atoms with E-state index < -0.39 is 0 Å². The van der Waals surface area contributed by atoms with E-state index in [2.05, 4.69) is 35.1 Å². The van der Waals surface area contributed by atoms with Gasteiger partial charge in [-0.1, -0.05) is 13.8 Å². The molecule has 0 aliphatic heterocycles. The van der Waals surface area contributed by atoms with E-state index in [9.17, 15) is 9.59 Å². The number of pyridine rings is 1. The van der Waals surface area contributed by atoms with Crippen molar-refractivity contribution in [3.05, 3.63) is 32.2 Å². The molecule has 1 rings (SSSR count). The van der Waals surface area contributed by atoms with Crippen LogP contribution in [0.4, 0.5) is 0 Å². The molecule has 1 aromatic rings. The lowest BCUT2D eigenvalue weighted by atomic mass is 10.0. The molecular weight excluding hydrogens is 346 g/mol. The van der Waals surface area contributed by atoms with Crippen molar-refractivity contribution in [2.75, 3.05) is 20.6 Å². The number of likely N-dealkylation sites (N-methyl/N-ethyl adjacent to an activating group) is 1. The summed E-state index contributed by atoms with van der Waals surface area (Å²) in [5, 5.41) is 3.00. The summed E-state index contributed by atoms with van der Waals surface area (Å²) < 4.78 is 2.25. The zero-order chi connectivity index (χ0) is 17.0. The highest BCUT2D eigenvalue weighted by molar-refractivity contribution is 9.10. The highest BCUT2D eigenvalue weighted by Crippen LogP contribution is 2.15. The van der Waals surface area contributed by atoms with Crippen molar-refractivity contribution >= 4 is 21.8 Å². The summed E-state index contributed by atoms with van der Waals surface area (Å²) in [6, 6.07) is 1.63. The van der Waals surface area contributed by atoms with Gasteiger partial charge in [-0.2, -0.15) is 0 Å². The quantitative estimate of drug-likeness (QED) is 0.833. The summed E-state index contributed by atoms with van der Waals surface area (Å²) in [4.78, 5) is 26.8. The monoisotopic (exact) mass is 371 g/mol. The van der Waals surface area contributed by atoms with Crippen molar-refractivity contribution in [2.24, 2.45) is 13.0 Å². The molecule has 1 aromatic heterocycles. The highest BCUT2D eigenvalue weighted by atomic mass is 79.9. The first kappa shape index (κ1) is 18.9. The minimum Gasteiger partial charge on any atom is -0.348 e. The Morgan fingerprint density at radius 1 is 1.41 bits per heavy atom. The maximum atomic E-state index is 12.5. The SMILES string of the molecule is Cc1c(Br)cc(C(=O)NC(CC(C)C)CN(C)C)c(=O)n1C. The van der Waals surface area contributed by atoms with Crippen LogP contribution in [0, 0.1) is 12.8 Å². The number of rotatable bonds is 6. The lowest BCUT2D eigenvalue weighted by Crippen LogP contribution is -2.44. The van der Waals surface area contributed by atoms with E-state index in [0.29, 0.717) is 5.92 Å². The van der Waals surface area contributed by atoms with E-state index in [1.165, 1.54) is 4.57 Å². The van der Waals surface area contributed by atoms with Gasteiger partial charge in [0.15, 0.2) is 0 Å². The molecule has 0 aliphatic carbocycles. The summed E-state index contributed by atoms with van der Waals surface area (Å²) in [6.07, 6.45) is 0.872. The van der Waals surface area contributed by atoms with Crippen molar-refractivity contribution in [3.63, 3.8) is 0 Å². The molecule has 0 fully saturated rings. The number of carbonyl (C=O) groups is 1. The topological polar surface area (TPSA) is 54.3 Å². The van der Waals surface area contributed by atoms with E-state index in [4.69, 9.17) is 0 Å². The first-order chi connectivity index (χ1) is 10.1. The van der Waals surface area contributed by atoms with Crippen molar-refractivity contribution in [1.29, 1.82) is 0 Å². The Balaban J connectivity index is 3.02. The molecule has 6 heteroatoms. The molecule has 1 atom stereocenters. The van der Waals surface area contributed by atoms with Crippen LogP contribution in [-0.4, -0.2) is 42.1 Å². The van der Waals surface area contributed by atoms with Gasteiger partial charge in [0, 0.05) is 29.8 Å². The minimum absolute atomic E-state index is 0.0206. The fourth-order valence-corrected chi connectivity index (χ4v) is 2.90. The molecule has 22 heavy (non-hydrogen) atoms. The highest BCUT2D eigenvalue weighted by Gasteiger charge is 2.20. The molecule has 0 aromatic carbocycles. The summed E-state index contributed by atoms with van der Waals surface area (Å²) >= 11 is 3.40. The van der Waals surface area contributed by atoms with Gasteiger partial charge in [0.05, 0.1) is 0 Å². The second kappa shape index (κ2) is 7.92. The molecule has 1 unspecified atom stereocenters. The largest absolute Gasteiger partial charge is 0.348 e. The minimum atomic E-state index is -0.311. The Morgan fingerprint density at radius 3 is 2.50 bits per heavy atom. The van der Waals surface area contributed by atoms with E-state index in [1.54, 1.807) is 13.1 Å². The summed E-state index contributed by atoms with van der Waals surface area (Å²) in [5.41, 5.74) is 0.701. The molecule has 0 aliphatic rings. The fourth-order valence-electron chi connectivity index (χ4n) is 2.40. The standard InChI is InChI=1S/C16H26BrN3O2/c1-10(2)7-12(9-19(4)5)18-15(21)13-8-14(17)11(3)20(6)16(13)22/h8,10,12H,7,9H2,1-6H3,(H,18,21). The number of halogens is 1. The molecule has 0 bridgehead atoms. The number of nitrogens with one attached hydrogen (secondary N) is 1. The molecule has 5 nitrogen and oxygen atoms in total. The lowest BCUT2D eigenvalue weighted by Gasteiger charge is -2.24. The molecule has 124 valence electrons. The van der Waals surface area contributed by atoms with Crippen LogP contribution < -0.4 is 10.9 Å². The van der Waals surface area contributed by atoms with Gasteiger partial charge in [-0.3, -0.25) is 9.59 Å². The van der Waals surface area contributed by atoms with Crippen LogP contribution in [0.5, 0.6) is 0 Å². The van der Waals surface area contributed by atoms with Crippen molar-refractivity contribution in [1.82, 2.24) is 14.8 Å². The third-order valence-electron chi connectivity index (χ3n) is 3.58. The van der Waals surface area contributed by atoms with Crippen LogP contribution in [0.25, 0.3) is 0 Å². The summed E-state index contributed by atoms with van der Waals surface area (Å²) in [7, 11) is 5.62. The van der Waals surface area contributed by atoms with Gasteiger partial charge in [0.1, 0.15) is 5.56 Å². The zero-order valence-corrected chi connectivity index (χ0v) is 15.8. The maximum Gasteiger partial charge on any atom is 0.263 e. The molecule has 0 saturated carbocycles. The average molecular weight is 372 g/mol. The number of hydrogen-bond donors (Lipinski definition) is 1. The van der Waals surface area contributed by atoms with Crippen LogP contribution in [0.2, 0.25) is 0 Å². The van der Waals surface area contributed by atoms with Crippen molar-refractivity contribution < 1.29 is 4.79 Å². The zero-order valence-electron chi connectivity index (χ0n) is 14.2. The third kappa shape index (κ3) is 4.95. The average Bonchev–Trinajstić information content (AvgIpc) is 2.38. The van der Waals surface area contributed by atoms with E-state index in [1.807, 2.05) is 25.9 Å². The Bertz CT molecular complexity index is 584. The number of aromatic nitrogens is 1. The van der Waals surface area contributed by atoms with Gasteiger partial charge in [-0.15, -0.1) is 0 Å². The Labute approximate surface area is 140 Å². The summed E-state index contributed by atoms with van der Waals surface area (Å²) in [5.74, 6) is 0.159. The normalized spacial score (nSPS) is 12.8. The smallest absolute Gasteiger partial charge is 0.263 e. The number of amides is 1. The first-order valence-electron chi connectivity index (χ1n) is 7.45. The predicted molar refractivity (Wildman–Crippen MR) is 93.4 cm³/mol. The van der Waals surface area contributed by atoms with Crippen LogP contribution in [0.15, 0.2) is 15.3 Å². The van der Waals surface area contributed by atoms with E-state index in [0.717, 1.165) is 23.1 Å². The maximum absolute atomic E-state index is 12.5. The summed E-state index contributed by atoms with van der Waals surface area (Å²) in [6.45, 7) is 6.82. The van der Waals surface area contributed by atoms with Gasteiger partial charge < -0.3 is 14.8 Å². The molecular formula is C16H26BrN3O2. The number of hydrogen-bond acceptors (Lipinski definition) is 3. The van der Waals surface area contributed by atoms with Gasteiger partial charge >= 0.3 is 0 Å². The van der Waals surface area contributed by atoms with Gasteiger partial charge in [0.25, 0.3) is 11.5 Å². The predicted octanol–water partition coefficient (Wildman–Crippen LogP) is 2.16. The van der Waals surface area contributed by atoms with Gasteiger partial charge in [-0.25, -0.2) is 0 Å². The molecule has 0 saturated heterocycles. The van der Waals surface area contributed by atoms with Gasteiger partial charge in [-0.05, 0) is 55.4 Å². The molecule has 1 amide bonds. The Morgan fingerprint density at radius 2 is 2.00 bits per heavy atom. The lowest BCUT2D eigenvalue weighted by molar-refractivity contribution is 0.0922. The third-order valence-corrected chi connectivity index (χ3v) is 4.38. The molecule has 1 N–H and O–H groups in total. The first-order valence-corrected chi connectivity index (χ1v) is 8.24. The van der Waals surface area contributed by atoms with Gasteiger partial charge in [0.2, 0.25) is 0 Å². The van der Waals surface area contributed by atoms with E-state index >= 15 is 0 Å². The van der Waals surface area contributed by atoms with Crippen LogP contribution in [-0.2, 0) is 7.05 Å².